The van der Waals surface area contributed by atoms with E-state index in [1.54, 1.807) is 0 Å². The van der Waals surface area contributed by atoms with E-state index in [1.165, 1.54) is 12.3 Å². The Kier molecular flexibility index (Phi) is 3.54. The molecule has 1 aliphatic rings. The third kappa shape index (κ3) is 2.79. The molecule has 0 aliphatic carbocycles. The highest BCUT2D eigenvalue weighted by Gasteiger charge is 2.20. The van der Waals surface area contributed by atoms with E-state index in [1.807, 2.05) is 0 Å². The van der Waals surface area contributed by atoms with E-state index in [2.05, 4.69) is 14.9 Å². The van der Waals surface area contributed by atoms with Gasteiger partial charge in [0.25, 0.3) is 10.0 Å². The highest BCUT2D eigenvalue weighted by molar-refractivity contribution is 7.89. The van der Waals surface area contributed by atoms with E-state index in [0.29, 0.717) is 19.8 Å². The first-order valence-electron chi connectivity index (χ1n) is 4.87. The van der Waals surface area contributed by atoms with Gasteiger partial charge in [0.05, 0.1) is 32.1 Å². The summed E-state index contributed by atoms with van der Waals surface area (Å²) >= 11 is 0. The molecule has 1 atom stereocenters. The van der Waals surface area contributed by atoms with E-state index in [4.69, 9.17) is 9.47 Å². The van der Waals surface area contributed by atoms with Gasteiger partial charge in [-0.15, -0.1) is 0 Å². The SMILES string of the molecule is O=S(=O)(NCC1COCCO1)c1ccn[nH]1. The zero-order chi connectivity index (χ0) is 11.4. The van der Waals surface area contributed by atoms with Gasteiger partial charge in [-0.25, -0.2) is 13.1 Å². The molecule has 0 spiro atoms. The highest BCUT2D eigenvalue weighted by Crippen LogP contribution is 2.04. The third-order valence-electron chi connectivity index (χ3n) is 2.15. The lowest BCUT2D eigenvalue weighted by molar-refractivity contribution is -0.0847. The van der Waals surface area contributed by atoms with Gasteiger partial charge in [-0.05, 0) is 6.07 Å². The molecule has 16 heavy (non-hydrogen) atoms. The number of hydrogen-bond acceptors (Lipinski definition) is 5. The molecule has 2 N–H and O–H groups in total. The zero-order valence-electron chi connectivity index (χ0n) is 8.55. The molecule has 0 bridgehead atoms. The number of nitrogens with one attached hydrogen (secondary N) is 2. The first-order valence-corrected chi connectivity index (χ1v) is 6.35. The van der Waals surface area contributed by atoms with Crippen molar-refractivity contribution in [1.82, 2.24) is 14.9 Å². The van der Waals surface area contributed by atoms with E-state index in [0.717, 1.165) is 0 Å². The van der Waals surface area contributed by atoms with Gasteiger partial charge < -0.3 is 9.47 Å². The first kappa shape index (κ1) is 11.5. The molecule has 90 valence electrons. The number of sulfonamides is 1. The molecule has 1 unspecified atom stereocenters. The maximum absolute atomic E-state index is 11.7. The van der Waals surface area contributed by atoms with E-state index >= 15 is 0 Å². The van der Waals surface area contributed by atoms with Crippen LogP contribution in [-0.2, 0) is 19.5 Å². The second-order valence-electron chi connectivity index (χ2n) is 3.34. The Morgan fingerprint density at radius 1 is 1.56 bits per heavy atom. The molecular formula is C8H13N3O4S. The summed E-state index contributed by atoms with van der Waals surface area (Å²) in [4.78, 5) is 0. The number of ether oxygens (including phenoxy) is 2. The van der Waals surface area contributed by atoms with Crippen molar-refractivity contribution in [3.05, 3.63) is 12.3 Å². The molecule has 0 radical (unpaired) electrons. The molecule has 2 rings (SSSR count). The summed E-state index contributed by atoms with van der Waals surface area (Å²) in [5, 5.41) is 6.02. The van der Waals surface area contributed by atoms with Crippen LogP contribution >= 0.6 is 0 Å². The fraction of sp³-hybridized carbons (Fsp3) is 0.625. The molecule has 1 aliphatic heterocycles. The average molecular weight is 247 g/mol. The minimum absolute atomic E-state index is 0.0456. The molecule has 0 aromatic carbocycles. The Labute approximate surface area is 93.2 Å². The summed E-state index contributed by atoms with van der Waals surface area (Å²) in [5.41, 5.74) is 0. The van der Waals surface area contributed by atoms with E-state index in [9.17, 15) is 8.42 Å². The van der Waals surface area contributed by atoms with Gasteiger partial charge in [0.15, 0.2) is 5.03 Å². The number of hydrogen-bond donors (Lipinski definition) is 2. The predicted molar refractivity (Wildman–Crippen MR) is 54.3 cm³/mol. The van der Waals surface area contributed by atoms with Crippen molar-refractivity contribution < 1.29 is 17.9 Å². The van der Waals surface area contributed by atoms with Gasteiger partial charge in [-0.2, -0.15) is 5.10 Å². The minimum atomic E-state index is -3.52. The summed E-state index contributed by atoms with van der Waals surface area (Å²) < 4.78 is 36.2. The van der Waals surface area contributed by atoms with Crippen LogP contribution in [0.4, 0.5) is 0 Å². The fourth-order valence-corrected chi connectivity index (χ4v) is 2.30. The second kappa shape index (κ2) is 4.91. The number of aromatic nitrogens is 2. The monoisotopic (exact) mass is 247 g/mol. The quantitative estimate of drug-likeness (QED) is 0.719. The van der Waals surface area contributed by atoms with E-state index in [-0.39, 0.29) is 17.7 Å². The Hall–Kier alpha value is -0.960. The zero-order valence-corrected chi connectivity index (χ0v) is 9.37. The standard InChI is InChI=1S/C8H13N3O4S/c12-16(13,8-1-2-9-11-8)10-5-7-6-14-3-4-15-7/h1-2,7,10H,3-6H2,(H,9,11). The molecular weight excluding hydrogens is 234 g/mol. The maximum Gasteiger partial charge on any atom is 0.257 e. The predicted octanol–water partition coefficient (Wildman–Crippen LogP) is -0.897. The smallest absolute Gasteiger partial charge is 0.257 e. The number of nitrogens with zero attached hydrogens (tertiary/aromatic N) is 1. The van der Waals surface area contributed by atoms with Crippen LogP contribution in [0.15, 0.2) is 17.3 Å². The lowest BCUT2D eigenvalue weighted by Gasteiger charge is -2.22. The van der Waals surface area contributed by atoms with Crippen LogP contribution in [0.2, 0.25) is 0 Å². The normalized spacial score (nSPS) is 22.1. The summed E-state index contributed by atoms with van der Waals surface area (Å²) in [6.45, 7) is 1.66. The Balaban J connectivity index is 1.89. The molecule has 1 aromatic heterocycles. The van der Waals surface area contributed by atoms with Crippen LogP contribution in [0.1, 0.15) is 0 Å². The van der Waals surface area contributed by atoms with Crippen molar-refractivity contribution in [1.29, 1.82) is 0 Å². The maximum atomic E-state index is 11.7. The summed E-state index contributed by atoms with van der Waals surface area (Å²) in [7, 11) is -3.52. The van der Waals surface area contributed by atoms with Crippen LogP contribution in [0, 0.1) is 0 Å². The summed E-state index contributed by atoms with van der Waals surface area (Å²) in [6, 6.07) is 1.39. The van der Waals surface area contributed by atoms with Crippen LogP contribution in [0.5, 0.6) is 0 Å². The van der Waals surface area contributed by atoms with Crippen molar-refractivity contribution in [3.63, 3.8) is 0 Å². The topological polar surface area (TPSA) is 93.3 Å². The molecule has 1 fully saturated rings. The lowest BCUT2D eigenvalue weighted by Crippen LogP contribution is -2.39. The van der Waals surface area contributed by atoms with Crippen LogP contribution in [-0.4, -0.2) is 51.1 Å². The lowest BCUT2D eigenvalue weighted by atomic mass is 10.3. The molecule has 8 heteroatoms. The van der Waals surface area contributed by atoms with Crippen LogP contribution < -0.4 is 4.72 Å². The number of rotatable bonds is 4. The fourth-order valence-electron chi connectivity index (χ4n) is 1.33. The summed E-state index contributed by atoms with van der Waals surface area (Å²) in [6.07, 6.45) is 1.15. The second-order valence-corrected chi connectivity index (χ2v) is 5.08. The first-order chi connectivity index (χ1) is 7.68. The molecule has 1 aromatic rings. The van der Waals surface area contributed by atoms with Gasteiger partial charge in [0.2, 0.25) is 0 Å². The largest absolute Gasteiger partial charge is 0.376 e. The third-order valence-corrected chi connectivity index (χ3v) is 3.50. The Morgan fingerprint density at radius 2 is 2.44 bits per heavy atom. The molecule has 0 amide bonds. The number of H-pyrrole nitrogens is 1. The molecule has 0 saturated carbocycles. The molecule has 1 saturated heterocycles. The van der Waals surface area contributed by atoms with Gasteiger partial charge in [0, 0.05) is 6.54 Å². The average Bonchev–Trinajstić information content (AvgIpc) is 2.82. The highest BCUT2D eigenvalue weighted by atomic mass is 32.2. The van der Waals surface area contributed by atoms with Gasteiger partial charge in [-0.3, -0.25) is 5.10 Å². The van der Waals surface area contributed by atoms with Gasteiger partial charge >= 0.3 is 0 Å². The van der Waals surface area contributed by atoms with Crippen molar-refractivity contribution in [2.45, 2.75) is 11.1 Å². The van der Waals surface area contributed by atoms with Gasteiger partial charge in [0.1, 0.15) is 0 Å². The molecule has 7 nitrogen and oxygen atoms in total. The minimum Gasteiger partial charge on any atom is -0.376 e. The van der Waals surface area contributed by atoms with Crippen LogP contribution in [0.3, 0.4) is 0 Å². The van der Waals surface area contributed by atoms with Crippen molar-refractivity contribution in [2.75, 3.05) is 26.4 Å². The van der Waals surface area contributed by atoms with Crippen LogP contribution in [0.25, 0.3) is 0 Å². The number of aromatic amines is 1. The molecule has 2 heterocycles. The van der Waals surface area contributed by atoms with Crippen molar-refractivity contribution >= 4 is 10.0 Å². The van der Waals surface area contributed by atoms with Crippen molar-refractivity contribution in [2.24, 2.45) is 0 Å². The van der Waals surface area contributed by atoms with Crippen molar-refractivity contribution in [3.8, 4) is 0 Å². The summed E-state index contributed by atoms with van der Waals surface area (Å²) in [5.74, 6) is 0. The Morgan fingerprint density at radius 3 is 3.06 bits per heavy atom. The van der Waals surface area contributed by atoms with Gasteiger partial charge in [-0.1, -0.05) is 0 Å². The Bertz CT molecular complexity index is 411. The van der Waals surface area contributed by atoms with E-state index < -0.39 is 10.0 Å².